The van der Waals surface area contributed by atoms with Crippen molar-refractivity contribution >= 4 is 17.4 Å². The van der Waals surface area contributed by atoms with Gasteiger partial charge in [0.1, 0.15) is 5.82 Å². The summed E-state index contributed by atoms with van der Waals surface area (Å²) in [5, 5.41) is 2.93. The summed E-state index contributed by atoms with van der Waals surface area (Å²) < 4.78 is 0. The molecule has 1 fully saturated rings. The molecule has 1 amide bonds. The fourth-order valence-corrected chi connectivity index (χ4v) is 3.33. The van der Waals surface area contributed by atoms with Gasteiger partial charge in [-0.2, -0.15) is 0 Å². The Kier molecular flexibility index (Phi) is 5.35. The Hall–Kier alpha value is -3.18. The molecule has 1 N–H and O–H groups in total. The molecule has 3 aromatic rings. The number of pyridine rings is 1. The van der Waals surface area contributed by atoms with Crippen LogP contribution in [0.5, 0.6) is 0 Å². The Morgan fingerprint density at radius 3 is 2.18 bits per heavy atom. The van der Waals surface area contributed by atoms with E-state index in [1.807, 2.05) is 54.6 Å². The number of aromatic nitrogens is 1. The highest BCUT2D eigenvalue weighted by Gasteiger charge is 2.15. The van der Waals surface area contributed by atoms with Crippen molar-refractivity contribution < 1.29 is 4.79 Å². The first-order chi connectivity index (χ1) is 13.7. The molecule has 1 aliphatic rings. The zero-order valence-electron chi connectivity index (χ0n) is 16.0. The summed E-state index contributed by atoms with van der Waals surface area (Å²) in [6.45, 7) is 4.03. The highest BCUT2D eigenvalue weighted by atomic mass is 16.1. The van der Waals surface area contributed by atoms with E-state index in [1.165, 1.54) is 0 Å². The maximum absolute atomic E-state index is 12.5. The van der Waals surface area contributed by atoms with Gasteiger partial charge in [0.15, 0.2) is 0 Å². The van der Waals surface area contributed by atoms with Gasteiger partial charge in [-0.15, -0.1) is 0 Å². The van der Waals surface area contributed by atoms with Crippen LogP contribution in [0.4, 0.5) is 11.5 Å². The maximum atomic E-state index is 12.5. The molecule has 0 aliphatic carbocycles. The zero-order valence-corrected chi connectivity index (χ0v) is 16.0. The SMILES string of the molecule is CN1CCN(c2ccc(NC(=O)c3ccc(-c4ccccc4)cc3)cn2)CC1. The molecule has 2 aromatic carbocycles. The summed E-state index contributed by atoms with van der Waals surface area (Å²) in [6.07, 6.45) is 1.73. The van der Waals surface area contributed by atoms with Crippen molar-refractivity contribution in [1.82, 2.24) is 9.88 Å². The molecular weight excluding hydrogens is 348 g/mol. The van der Waals surface area contributed by atoms with Crippen molar-refractivity contribution in [2.75, 3.05) is 43.4 Å². The Morgan fingerprint density at radius 2 is 1.54 bits per heavy atom. The van der Waals surface area contributed by atoms with E-state index in [2.05, 4.69) is 39.3 Å². The molecule has 4 rings (SSSR count). The van der Waals surface area contributed by atoms with Gasteiger partial charge in [-0.25, -0.2) is 4.98 Å². The van der Waals surface area contributed by atoms with E-state index in [1.54, 1.807) is 6.20 Å². The predicted octanol–water partition coefficient (Wildman–Crippen LogP) is 3.75. The highest BCUT2D eigenvalue weighted by Crippen LogP contribution is 2.20. The number of nitrogens with one attached hydrogen (secondary N) is 1. The van der Waals surface area contributed by atoms with Gasteiger partial charge in [0.05, 0.1) is 11.9 Å². The molecule has 0 radical (unpaired) electrons. The summed E-state index contributed by atoms with van der Waals surface area (Å²) in [5.74, 6) is 0.826. The smallest absolute Gasteiger partial charge is 0.255 e. The summed E-state index contributed by atoms with van der Waals surface area (Å²) in [5.41, 5.74) is 3.56. The van der Waals surface area contributed by atoms with Crippen molar-refractivity contribution in [2.45, 2.75) is 0 Å². The molecule has 142 valence electrons. The van der Waals surface area contributed by atoms with Gasteiger partial charge in [0.2, 0.25) is 0 Å². The number of hydrogen-bond donors (Lipinski definition) is 1. The highest BCUT2D eigenvalue weighted by molar-refractivity contribution is 6.04. The van der Waals surface area contributed by atoms with E-state index in [4.69, 9.17) is 0 Å². The van der Waals surface area contributed by atoms with Crippen LogP contribution in [0.3, 0.4) is 0 Å². The molecule has 0 saturated carbocycles. The van der Waals surface area contributed by atoms with Gasteiger partial charge in [-0.1, -0.05) is 42.5 Å². The standard InChI is InChI=1S/C23H24N4O/c1-26-13-15-27(16-14-26)22-12-11-21(17-24-22)25-23(28)20-9-7-19(8-10-20)18-5-3-2-4-6-18/h2-12,17H,13-16H2,1H3,(H,25,28). The fourth-order valence-electron chi connectivity index (χ4n) is 3.33. The van der Waals surface area contributed by atoms with Crippen molar-refractivity contribution in [1.29, 1.82) is 0 Å². The molecule has 0 spiro atoms. The lowest BCUT2D eigenvalue weighted by Gasteiger charge is -2.33. The van der Waals surface area contributed by atoms with Crippen LogP contribution in [0.1, 0.15) is 10.4 Å². The molecule has 0 atom stereocenters. The minimum atomic E-state index is -0.131. The van der Waals surface area contributed by atoms with Crippen molar-refractivity contribution in [3.8, 4) is 11.1 Å². The topological polar surface area (TPSA) is 48.5 Å². The van der Waals surface area contributed by atoms with Crippen LogP contribution in [0.2, 0.25) is 0 Å². The van der Waals surface area contributed by atoms with Crippen LogP contribution in [0, 0.1) is 0 Å². The number of anilines is 2. The van der Waals surface area contributed by atoms with Crippen molar-refractivity contribution in [3.63, 3.8) is 0 Å². The molecule has 5 heteroatoms. The average Bonchev–Trinajstić information content (AvgIpc) is 2.76. The number of carbonyl (C=O) groups is 1. The van der Waals surface area contributed by atoms with E-state index in [-0.39, 0.29) is 5.91 Å². The van der Waals surface area contributed by atoms with Gasteiger partial charge in [0.25, 0.3) is 5.91 Å². The molecule has 1 aromatic heterocycles. The number of likely N-dealkylation sites (N-methyl/N-ethyl adjacent to an activating group) is 1. The molecule has 1 aliphatic heterocycles. The molecule has 0 unspecified atom stereocenters. The van der Waals surface area contributed by atoms with Crippen LogP contribution in [-0.2, 0) is 0 Å². The normalized spacial score (nSPS) is 14.7. The van der Waals surface area contributed by atoms with Crippen molar-refractivity contribution in [2.24, 2.45) is 0 Å². The average molecular weight is 372 g/mol. The number of piperazine rings is 1. The Balaban J connectivity index is 1.39. The second kappa shape index (κ2) is 8.23. The zero-order chi connectivity index (χ0) is 19.3. The summed E-state index contributed by atoms with van der Waals surface area (Å²) in [4.78, 5) is 21.6. The summed E-state index contributed by atoms with van der Waals surface area (Å²) in [6, 6.07) is 21.7. The first-order valence-corrected chi connectivity index (χ1v) is 9.55. The van der Waals surface area contributed by atoms with Crippen LogP contribution < -0.4 is 10.2 Å². The predicted molar refractivity (Wildman–Crippen MR) is 114 cm³/mol. The third kappa shape index (κ3) is 4.21. The fraction of sp³-hybridized carbons (Fsp3) is 0.217. The van der Waals surface area contributed by atoms with Crippen LogP contribution >= 0.6 is 0 Å². The number of hydrogen-bond acceptors (Lipinski definition) is 4. The van der Waals surface area contributed by atoms with Crippen molar-refractivity contribution in [3.05, 3.63) is 78.5 Å². The number of benzene rings is 2. The Labute approximate surface area is 165 Å². The quantitative estimate of drug-likeness (QED) is 0.758. The van der Waals surface area contributed by atoms with Gasteiger partial charge in [-0.3, -0.25) is 4.79 Å². The number of carbonyl (C=O) groups excluding carboxylic acids is 1. The van der Waals surface area contributed by atoms with E-state index < -0.39 is 0 Å². The van der Waals surface area contributed by atoms with E-state index in [0.717, 1.165) is 43.1 Å². The number of rotatable bonds is 4. The monoisotopic (exact) mass is 372 g/mol. The first kappa shape index (κ1) is 18.2. The lowest BCUT2D eigenvalue weighted by molar-refractivity contribution is 0.102. The Morgan fingerprint density at radius 1 is 0.857 bits per heavy atom. The minimum absolute atomic E-state index is 0.131. The first-order valence-electron chi connectivity index (χ1n) is 9.55. The van der Waals surface area contributed by atoms with E-state index in [0.29, 0.717) is 11.3 Å². The molecule has 0 bridgehead atoms. The molecule has 5 nitrogen and oxygen atoms in total. The van der Waals surface area contributed by atoms with Crippen LogP contribution in [-0.4, -0.2) is 49.0 Å². The second-order valence-electron chi connectivity index (χ2n) is 7.09. The van der Waals surface area contributed by atoms with Gasteiger partial charge < -0.3 is 15.1 Å². The molecule has 28 heavy (non-hydrogen) atoms. The summed E-state index contributed by atoms with van der Waals surface area (Å²) in [7, 11) is 2.13. The molecule has 2 heterocycles. The lowest BCUT2D eigenvalue weighted by Crippen LogP contribution is -2.44. The maximum Gasteiger partial charge on any atom is 0.255 e. The van der Waals surface area contributed by atoms with Gasteiger partial charge in [-0.05, 0) is 42.4 Å². The summed E-state index contributed by atoms with van der Waals surface area (Å²) >= 11 is 0. The molecule has 1 saturated heterocycles. The largest absolute Gasteiger partial charge is 0.354 e. The lowest BCUT2D eigenvalue weighted by atomic mass is 10.0. The van der Waals surface area contributed by atoms with Crippen LogP contribution in [0.25, 0.3) is 11.1 Å². The third-order valence-electron chi connectivity index (χ3n) is 5.09. The number of amides is 1. The van der Waals surface area contributed by atoms with Crippen LogP contribution in [0.15, 0.2) is 72.9 Å². The second-order valence-corrected chi connectivity index (χ2v) is 7.09. The number of nitrogens with zero attached hydrogens (tertiary/aromatic N) is 3. The Bertz CT molecular complexity index is 915. The van der Waals surface area contributed by atoms with Gasteiger partial charge in [0, 0.05) is 31.7 Å². The van der Waals surface area contributed by atoms with E-state index in [9.17, 15) is 4.79 Å². The molecular formula is C23H24N4O. The third-order valence-corrected chi connectivity index (χ3v) is 5.09. The van der Waals surface area contributed by atoms with Gasteiger partial charge >= 0.3 is 0 Å². The van der Waals surface area contributed by atoms with E-state index >= 15 is 0 Å². The minimum Gasteiger partial charge on any atom is -0.354 e.